The fourth-order valence-electron chi connectivity index (χ4n) is 3.81. The quantitative estimate of drug-likeness (QED) is 0.847. The summed E-state index contributed by atoms with van der Waals surface area (Å²) in [6.07, 6.45) is 0.764. The molecule has 5 nitrogen and oxygen atoms in total. The first kappa shape index (κ1) is 16.4. The zero-order valence-corrected chi connectivity index (χ0v) is 14.3. The van der Waals surface area contributed by atoms with E-state index in [4.69, 9.17) is 0 Å². The summed E-state index contributed by atoms with van der Waals surface area (Å²) in [6.45, 7) is 5.36. The maximum Gasteiger partial charge on any atom is 0.248 e. The van der Waals surface area contributed by atoms with Gasteiger partial charge in [0, 0.05) is 6.04 Å². The number of halogens is 1. The number of hydrogen-bond acceptors (Lipinski definition) is 4. The normalized spacial score (nSPS) is 32.4. The summed E-state index contributed by atoms with van der Waals surface area (Å²) in [5.41, 5.74) is -0.918. The van der Waals surface area contributed by atoms with E-state index < -0.39 is 26.1 Å². The van der Waals surface area contributed by atoms with Crippen LogP contribution in [-0.4, -0.2) is 37.1 Å². The average Bonchev–Trinajstić information content (AvgIpc) is 2.55. The Hall–Kier alpha value is -1.47. The second-order valence-corrected chi connectivity index (χ2v) is 9.27. The number of anilines is 1. The Morgan fingerprint density at radius 2 is 2.04 bits per heavy atom. The molecule has 0 aliphatic carbocycles. The van der Waals surface area contributed by atoms with Gasteiger partial charge in [-0.1, -0.05) is 6.07 Å². The molecular formula is C16H21FN2O3S. The smallest absolute Gasteiger partial charge is 0.248 e. The number of hydrogen-bond donors (Lipinski definition) is 1. The molecule has 3 rings (SSSR count). The molecule has 7 heteroatoms. The number of piperidine rings is 1. The van der Waals surface area contributed by atoms with Gasteiger partial charge in [-0.15, -0.1) is 0 Å². The number of nitrogens with one attached hydrogen (secondary N) is 1. The van der Waals surface area contributed by atoms with Crippen molar-refractivity contribution >= 4 is 21.5 Å². The van der Waals surface area contributed by atoms with Crippen molar-refractivity contribution in [2.45, 2.75) is 49.9 Å². The van der Waals surface area contributed by atoms with Crippen molar-refractivity contribution in [2.75, 3.05) is 10.8 Å². The number of benzene rings is 1. The van der Waals surface area contributed by atoms with Crippen LogP contribution >= 0.6 is 0 Å². The maximum absolute atomic E-state index is 13.7. The van der Waals surface area contributed by atoms with Crippen LogP contribution in [0.3, 0.4) is 0 Å². The van der Waals surface area contributed by atoms with E-state index in [1.165, 1.54) is 36.4 Å². The molecule has 0 aromatic heterocycles. The molecule has 0 radical (unpaired) electrons. The number of carbonyl (C=O) groups is 1. The van der Waals surface area contributed by atoms with E-state index in [0.717, 1.165) is 0 Å². The third kappa shape index (κ3) is 2.13. The average molecular weight is 340 g/mol. The van der Waals surface area contributed by atoms with Crippen molar-refractivity contribution < 1.29 is 17.6 Å². The molecule has 1 N–H and O–H groups in total. The number of carbonyl (C=O) groups excluding carboxylic acids is 1. The number of Topliss-reactive ketones (excluding diaryl/α,β-unsaturated/α-hetero) is 1. The SMILES string of the molecule is C[C@H]1C[C@]2(CCN1)C(=O)C(C)(C)S(=O)(=O)N2c1cccc(F)c1. The molecule has 2 atom stereocenters. The zero-order valence-electron chi connectivity index (χ0n) is 13.5. The molecule has 2 fully saturated rings. The Bertz CT molecular complexity index is 762. The highest BCUT2D eigenvalue weighted by Gasteiger charge is 2.67. The summed E-state index contributed by atoms with van der Waals surface area (Å²) >= 11 is 0. The van der Waals surface area contributed by atoms with E-state index in [1.54, 1.807) is 6.07 Å². The summed E-state index contributed by atoms with van der Waals surface area (Å²) in [6, 6.07) is 5.46. The summed E-state index contributed by atoms with van der Waals surface area (Å²) in [4.78, 5) is 13.1. The Kier molecular flexibility index (Phi) is 3.57. The highest BCUT2D eigenvalue weighted by atomic mass is 32.2. The molecule has 1 aromatic carbocycles. The van der Waals surface area contributed by atoms with Crippen LogP contribution in [0.4, 0.5) is 10.1 Å². The van der Waals surface area contributed by atoms with Gasteiger partial charge in [0.15, 0.2) is 5.78 Å². The molecule has 0 amide bonds. The molecule has 2 aliphatic rings. The number of sulfonamides is 1. The van der Waals surface area contributed by atoms with E-state index in [2.05, 4.69) is 5.32 Å². The molecule has 126 valence electrons. The van der Waals surface area contributed by atoms with Gasteiger partial charge in [-0.2, -0.15) is 0 Å². The Morgan fingerprint density at radius 1 is 1.35 bits per heavy atom. The van der Waals surface area contributed by atoms with Gasteiger partial charge in [-0.05, 0) is 58.4 Å². The third-order valence-corrected chi connectivity index (χ3v) is 7.48. The van der Waals surface area contributed by atoms with Crippen LogP contribution in [0.5, 0.6) is 0 Å². The number of nitrogens with zero attached hydrogens (tertiary/aromatic N) is 1. The Morgan fingerprint density at radius 3 is 2.65 bits per heavy atom. The maximum atomic E-state index is 13.7. The summed E-state index contributed by atoms with van der Waals surface area (Å²) in [7, 11) is -3.93. The first-order valence-corrected chi connectivity index (χ1v) is 9.16. The van der Waals surface area contributed by atoms with Crippen LogP contribution in [0, 0.1) is 5.82 Å². The summed E-state index contributed by atoms with van der Waals surface area (Å²) in [5.74, 6) is -0.824. The van der Waals surface area contributed by atoms with E-state index >= 15 is 0 Å². The Labute approximate surface area is 135 Å². The lowest BCUT2D eigenvalue weighted by Crippen LogP contribution is -2.58. The van der Waals surface area contributed by atoms with Crippen LogP contribution < -0.4 is 9.62 Å². The third-order valence-electron chi connectivity index (χ3n) is 4.96. The van der Waals surface area contributed by atoms with Crippen molar-refractivity contribution in [1.29, 1.82) is 0 Å². The predicted octanol–water partition coefficient (Wildman–Crippen LogP) is 1.83. The Balaban J connectivity index is 2.25. The fourth-order valence-corrected chi connectivity index (χ4v) is 5.79. The minimum atomic E-state index is -3.93. The lowest BCUT2D eigenvalue weighted by molar-refractivity contribution is -0.125. The van der Waals surface area contributed by atoms with Crippen molar-refractivity contribution in [3.63, 3.8) is 0 Å². The fraction of sp³-hybridized carbons (Fsp3) is 0.562. The standard InChI is InChI=1S/C16H21FN2O3S/c1-11-10-16(7-8-18-11)14(20)15(2,3)23(21,22)19(16)13-6-4-5-12(17)9-13/h4-6,9,11,18H,7-8,10H2,1-3H3/t11-,16+/m0/s1. The molecule has 1 spiro atoms. The topological polar surface area (TPSA) is 66.5 Å². The van der Waals surface area contributed by atoms with E-state index in [0.29, 0.717) is 19.4 Å². The second-order valence-electron chi connectivity index (χ2n) is 6.93. The molecule has 0 bridgehead atoms. The highest BCUT2D eigenvalue weighted by molar-refractivity contribution is 7.95. The van der Waals surface area contributed by atoms with Gasteiger partial charge in [0.05, 0.1) is 5.69 Å². The largest absolute Gasteiger partial charge is 0.314 e. The molecule has 23 heavy (non-hydrogen) atoms. The van der Waals surface area contributed by atoms with Gasteiger partial charge in [0.1, 0.15) is 16.1 Å². The highest BCUT2D eigenvalue weighted by Crippen LogP contribution is 2.48. The van der Waals surface area contributed by atoms with Crippen molar-refractivity contribution in [3.05, 3.63) is 30.1 Å². The minimum absolute atomic E-state index is 0.00728. The van der Waals surface area contributed by atoms with Crippen molar-refractivity contribution in [2.24, 2.45) is 0 Å². The molecular weight excluding hydrogens is 319 g/mol. The second kappa shape index (κ2) is 5.01. The summed E-state index contributed by atoms with van der Waals surface area (Å²) in [5, 5.41) is 3.24. The van der Waals surface area contributed by atoms with Gasteiger partial charge < -0.3 is 5.32 Å². The number of ketones is 1. The molecule has 0 unspecified atom stereocenters. The molecule has 2 aliphatic heterocycles. The zero-order chi connectivity index (χ0) is 17.0. The van der Waals surface area contributed by atoms with E-state index in [-0.39, 0.29) is 17.5 Å². The van der Waals surface area contributed by atoms with Gasteiger partial charge in [-0.3, -0.25) is 9.10 Å². The lowest BCUT2D eigenvalue weighted by atomic mass is 9.77. The van der Waals surface area contributed by atoms with Crippen LogP contribution in [0.2, 0.25) is 0 Å². The monoisotopic (exact) mass is 340 g/mol. The van der Waals surface area contributed by atoms with Crippen LogP contribution in [0.1, 0.15) is 33.6 Å². The first-order chi connectivity index (χ1) is 10.6. The molecule has 2 heterocycles. The van der Waals surface area contributed by atoms with Crippen molar-refractivity contribution in [1.82, 2.24) is 5.32 Å². The number of rotatable bonds is 1. The molecule has 0 saturated carbocycles. The van der Waals surface area contributed by atoms with Crippen LogP contribution in [-0.2, 0) is 14.8 Å². The van der Waals surface area contributed by atoms with Crippen molar-refractivity contribution in [3.8, 4) is 0 Å². The van der Waals surface area contributed by atoms with Gasteiger partial charge in [0.25, 0.3) is 0 Å². The van der Waals surface area contributed by atoms with E-state index in [1.807, 2.05) is 6.92 Å². The van der Waals surface area contributed by atoms with E-state index in [9.17, 15) is 17.6 Å². The first-order valence-electron chi connectivity index (χ1n) is 7.72. The minimum Gasteiger partial charge on any atom is -0.314 e. The van der Waals surface area contributed by atoms with Crippen LogP contribution in [0.25, 0.3) is 0 Å². The van der Waals surface area contributed by atoms with Crippen LogP contribution in [0.15, 0.2) is 24.3 Å². The molecule has 2 saturated heterocycles. The van der Waals surface area contributed by atoms with Gasteiger partial charge >= 0.3 is 0 Å². The lowest BCUT2D eigenvalue weighted by Gasteiger charge is -2.42. The summed E-state index contributed by atoms with van der Waals surface area (Å²) < 4.78 is 39.5. The molecule has 1 aromatic rings. The van der Waals surface area contributed by atoms with Gasteiger partial charge in [0.2, 0.25) is 10.0 Å². The van der Waals surface area contributed by atoms with Gasteiger partial charge in [-0.25, -0.2) is 12.8 Å². The predicted molar refractivity (Wildman–Crippen MR) is 86.3 cm³/mol.